The molecule has 0 spiro atoms. The van der Waals surface area contributed by atoms with Crippen molar-refractivity contribution in [2.24, 2.45) is 5.29 Å². The topological polar surface area (TPSA) is 76.0 Å². The number of ether oxygens (including phenoxy) is 1. The van der Waals surface area contributed by atoms with Crippen LogP contribution in [0, 0.1) is 4.91 Å². The molecule has 0 saturated heterocycles. The standard InChI is InChI=1S/C11H12N2O4S/c1-17-11-4-2-9(3-5-11)13(12-14)10-6-7-18(15,16)8-10/h2-7,10H,8H2,1H3. The molecule has 1 aliphatic rings. The Kier molecular flexibility index (Phi) is 3.33. The van der Waals surface area contributed by atoms with Crippen molar-refractivity contribution in [2.75, 3.05) is 17.9 Å². The van der Waals surface area contributed by atoms with Crippen LogP contribution >= 0.6 is 0 Å². The monoisotopic (exact) mass is 268 g/mol. The summed E-state index contributed by atoms with van der Waals surface area (Å²) in [4.78, 5) is 10.9. The summed E-state index contributed by atoms with van der Waals surface area (Å²) >= 11 is 0. The van der Waals surface area contributed by atoms with Gasteiger partial charge in [0.25, 0.3) is 0 Å². The third kappa shape index (κ3) is 2.51. The molecule has 0 saturated carbocycles. The molecule has 0 fully saturated rings. The third-order valence-corrected chi connectivity index (χ3v) is 4.03. The molecule has 0 radical (unpaired) electrons. The number of nitrogens with zero attached hydrogens (tertiary/aromatic N) is 2. The highest BCUT2D eigenvalue weighted by Gasteiger charge is 2.28. The summed E-state index contributed by atoms with van der Waals surface area (Å²) in [6.07, 6.45) is 1.46. The Hall–Kier alpha value is -1.89. The molecule has 1 heterocycles. The summed E-state index contributed by atoms with van der Waals surface area (Å²) in [6, 6.07) is 6.11. The van der Waals surface area contributed by atoms with Gasteiger partial charge < -0.3 is 4.74 Å². The first kappa shape index (κ1) is 12.6. The minimum atomic E-state index is -3.22. The summed E-state index contributed by atoms with van der Waals surface area (Å²) in [7, 11) is -1.68. The molecular formula is C11H12N2O4S. The Labute approximate surface area is 105 Å². The molecule has 96 valence electrons. The molecule has 1 atom stereocenters. The van der Waals surface area contributed by atoms with Gasteiger partial charge in [0, 0.05) is 5.41 Å². The molecule has 0 N–H and O–H groups in total. The maximum absolute atomic E-state index is 11.3. The van der Waals surface area contributed by atoms with E-state index in [1.807, 2.05) is 0 Å². The Morgan fingerprint density at radius 1 is 1.33 bits per heavy atom. The van der Waals surface area contributed by atoms with Gasteiger partial charge in [-0.2, -0.15) is 0 Å². The first-order chi connectivity index (χ1) is 8.55. The molecule has 1 aliphatic heterocycles. The summed E-state index contributed by atoms with van der Waals surface area (Å²) in [6.45, 7) is 0. The number of benzene rings is 1. The van der Waals surface area contributed by atoms with Crippen LogP contribution in [0.2, 0.25) is 0 Å². The third-order valence-electron chi connectivity index (χ3n) is 2.65. The van der Waals surface area contributed by atoms with Gasteiger partial charge in [-0.1, -0.05) is 0 Å². The minimum Gasteiger partial charge on any atom is -0.497 e. The summed E-state index contributed by atoms with van der Waals surface area (Å²) in [5.74, 6) is 0.518. The van der Waals surface area contributed by atoms with Gasteiger partial charge >= 0.3 is 0 Å². The molecule has 7 heteroatoms. The Morgan fingerprint density at radius 2 is 2.00 bits per heavy atom. The molecular weight excluding hydrogens is 256 g/mol. The number of nitroso groups, excluding NO2 is 1. The maximum Gasteiger partial charge on any atom is 0.173 e. The van der Waals surface area contributed by atoms with Gasteiger partial charge in [-0.25, -0.2) is 13.4 Å². The normalized spacial score (nSPS) is 20.6. The van der Waals surface area contributed by atoms with Crippen LogP contribution in [0.4, 0.5) is 5.69 Å². The highest BCUT2D eigenvalue weighted by molar-refractivity contribution is 7.94. The Balaban J connectivity index is 2.23. The van der Waals surface area contributed by atoms with E-state index in [0.29, 0.717) is 11.4 Å². The van der Waals surface area contributed by atoms with Crippen LogP contribution in [-0.2, 0) is 9.84 Å². The number of hydrogen-bond donors (Lipinski definition) is 0. The fourth-order valence-electron chi connectivity index (χ4n) is 1.75. The van der Waals surface area contributed by atoms with Crippen molar-refractivity contribution in [1.82, 2.24) is 0 Å². The van der Waals surface area contributed by atoms with Crippen molar-refractivity contribution < 1.29 is 13.2 Å². The lowest BCUT2D eigenvalue weighted by Crippen LogP contribution is -2.31. The predicted octanol–water partition coefficient (Wildman–Crippen LogP) is 1.49. The molecule has 2 rings (SSSR count). The molecule has 0 bridgehead atoms. The van der Waals surface area contributed by atoms with Crippen LogP contribution in [0.25, 0.3) is 0 Å². The van der Waals surface area contributed by atoms with Gasteiger partial charge in [0.15, 0.2) is 9.84 Å². The molecule has 0 aromatic heterocycles. The highest BCUT2D eigenvalue weighted by atomic mass is 32.2. The van der Waals surface area contributed by atoms with Crippen LogP contribution in [0.15, 0.2) is 41.0 Å². The zero-order valence-corrected chi connectivity index (χ0v) is 10.5. The van der Waals surface area contributed by atoms with Gasteiger partial charge in [-0.3, -0.25) is 0 Å². The van der Waals surface area contributed by atoms with E-state index in [4.69, 9.17) is 4.74 Å². The van der Waals surface area contributed by atoms with E-state index in [9.17, 15) is 13.3 Å². The second kappa shape index (κ2) is 4.77. The van der Waals surface area contributed by atoms with Crippen LogP contribution < -0.4 is 9.75 Å². The van der Waals surface area contributed by atoms with Crippen LogP contribution in [0.3, 0.4) is 0 Å². The first-order valence-corrected chi connectivity index (χ1v) is 6.95. The highest BCUT2D eigenvalue weighted by Crippen LogP contribution is 2.24. The maximum atomic E-state index is 11.3. The molecule has 0 amide bonds. The predicted molar refractivity (Wildman–Crippen MR) is 68.0 cm³/mol. The van der Waals surface area contributed by atoms with Gasteiger partial charge in [-0.05, 0) is 30.3 Å². The van der Waals surface area contributed by atoms with Crippen molar-refractivity contribution in [3.8, 4) is 5.75 Å². The second-order valence-electron chi connectivity index (χ2n) is 3.85. The fraction of sp³-hybridized carbons (Fsp3) is 0.273. The van der Waals surface area contributed by atoms with Gasteiger partial charge in [0.05, 0.1) is 29.9 Å². The number of sulfone groups is 1. The van der Waals surface area contributed by atoms with E-state index in [-0.39, 0.29) is 5.75 Å². The number of methoxy groups -OCH3 is 1. The van der Waals surface area contributed by atoms with E-state index < -0.39 is 15.9 Å². The molecule has 0 aliphatic carbocycles. The number of rotatable bonds is 4. The zero-order chi connectivity index (χ0) is 13.2. The fourth-order valence-corrected chi connectivity index (χ4v) is 3.01. The van der Waals surface area contributed by atoms with Crippen molar-refractivity contribution in [2.45, 2.75) is 6.04 Å². The molecule has 1 aromatic carbocycles. The van der Waals surface area contributed by atoms with Crippen molar-refractivity contribution >= 4 is 15.5 Å². The largest absolute Gasteiger partial charge is 0.497 e. The average molecular weight is 268 g/mol. The molecule has 1 unspecified atom stereocenters. The number of anilines is 1. The summed E-state index contributed by atoms with van der Waals surface area (Å²) in [5.41, 5.74) is 0.526. The average Bonchev–Trinajstić information content (AvgIpc) is 2.71. The first-order valence-electron chi connectivity index (χ1n) is 5.23. The van der Waals surface area contributed by atoms with E-state index in [2.05, 4.69) is 5.29 Å². The summed E-state index contributed by atoms with van der Waals surface area (Å²) in [5, 5.41) is 5.14. The SMILES string of the molecule is COc1ccc(N(N=O)C2C=CS(=O)(=O)C2)cc1. The van der Waals surface area contributed by atoms with Crippen molar-refractivity contribution in [3.63, 3.8) is 0 Å². The van der Waals surface area contributed by atoms with Gasteiger partial charge in [0.1, 0.15) is 5.75 Å². The molecule has 18 heavy (non-hydrogen) atoms. The van der Waals surface area contributed by atoms with E-state index >= 15 is 0 Å². The quantitative estimate of drug-likeness (QED) is 0.611. The van der Waals surface area contributed by atoms with Gasteiger partial charge in [-0.15, -0.1) is 4.91 Å². The zero-order valence-electron chi connectivity index (χ0n) is 9.68. The van der Waals surface area contributed by atoms with Crippen LogP contribution in [0.1, 0.15) is 0 Å². The molecule has 1 aromatic rings. The molecule has 6 nitrogen and oxygen atoms in total. The van der Waals surface area contributed by atoms with Crippen LogP contribution in [0.5, 0.6) is 5.75 Å². The van der Waals surface area contributed by atoms with Crippen molar-refractivity contribution in [1.29, 1.82) is 0 Å². The number of hydrogen-bond acceptors (Lipinski definition) is 5. The van der Waals surface area contributed by atoms with E-state index in [0.717, 1.165) is 10.4 Å². The lowest BCUT2D eigenvalue weighted by Gasteiger charge is -2.20. The van der Waals surface area contributed by atoms with Crippen LogP contribution in [-0.4, -0.2) is 27.3 Å². The van der Waals surface area contributed by atoms with Crippen molar-refractivity contribution in [3.05, 3.63) is 40.7 Å². The van der Waals surface area contributed by atoms with Gasteiger partial charge in [0.2, 0.25) is 0 Å². The lowest BCUT2D eigenvalue weighted by molar-refractivity contribution is 0.415. The Bertz CT molecular complexity index is 565. The van der Waals surface area contributed by atoms with E-state index in [1.165, 1.54) is 13.2 Å². The lowest BCUT2D eigenvalue weighted by atomic mass is 10.2. The smallest absolute Gasteiger partial charge is 0.173 e. The minimum absolute atomic E-state index is 0.134. The van der Waals surface area contributed by atoms with E-state index in [1.54, 1.807) is 24.3 Å². The second-order valence-corrected chi connectivity index (χ2v) is 5.78. The Morgan fingerprint density at radius 3 is 2.44 bits per heavy atom. The summed E-state index contributed by atoms with van der Waals surface area (Å²) < 4.78 is 27.6.